The molecular formula is C22H50Br2N2. The van der Waals surface area contributed by atoms with E-state index in [1.807, 2.05) is 0 Å². The van der Waals surface area contributed by atoms with E-state index in [4.69, 9.17) is 0 Å². The molecule has 0 bridgehead atoms. The summed E-state index contributed by atoms with van der Waals surface area (Å²) in [6, 6.07) is 0. The molecule has 0 aromatic rings. The third kappa shape index (κ3) is 29.6. The Kier molecular flexibility index (Phi) is 37.2. The van der Waals surface area contributed by atoms with Gasteiger partial charge in [0.05, 0.1) is 0 Å². The molecule has 4 heteroatoms. The van der Waals surface area contributed by atoms with Crippen molar-refractivity contribution in [2.24, 2.45) is 0 Å². The number of hydrogen-bond donors (Lipinski definition) is 2. The van der Waals surface area contributed by atoms with Crippen LogP contribution in [0.3, 0.4) is 0 Å². The van der Waals surface area contributed by atoms with Gasteiger partial charge in [-0.3, -0.25) is 0 Å². The van der Waals surface area contributed by atoms with Crippen molar-refractivity contribution < 1.29 is 0 Å². The Hall–Kier alpha value is 0.880. The van der Waals surface area contributed by atoms with Crippen LogP contribution in [0.25, 0.3) is 0 Å². The fourth-order valence-electron chi connectivity index (χ4n) is 3.16. The lowest BCUT2D eigenvalue weighted by Crippen LogP contribution is -2.17. The van der Waals surface area contributed by atoms with Crippen molar-refractivity contribution in [1.29, 1.82) is 0 Å². The van der Waals surface area contributed by atoms with Crippen LogP contribution in [0.4, 0.5) is 0 Å². The number of halogens is 2. The number of hydrogen-bond acceptors (Lipinski definition) is 2. The highest BCUT2D eigenvalue weighted by Gasteiger charge is 1.94. The third-order valence-electron chi connectivity index (χ3n) is 4.87. The van der Waals surface area contributed by atoms with Crippen molar-refractivity contribution >= 4 is 34.0 Å². The normalized spacial score (nSPS) is 10.4. The monoisotopic (exact) mass is 500 g/mol. The lowest BCUT2D eigenvalue weighted by Gasteiger charge is -2.06. The van der Waals surface area contributed by atoms with E-state index >= 15 is 0 Å². The van der Waals surface area contributed by atoms with Gasteiger partial charge in [-0.15, -0.1) is 34.0 Å². The Morgan fingerprint density at radius 1 is 0.346 bits per heavy atom. The van der Waals surface area contributed by atoms with Gasteiger partial charge in [-0.1, -0.05) is 90.9 Å². The van der Waals surface area contributed by atoms with Gasteiger partial charge in [-0.25, -0.2) is 0 Å². The molecule has 0 aliphatic rings. The predicted molar refractivity (Wildman–Crippen MR) is 132 cm³/mol. The van der Waals surface area contributed by atoms with E-state index in [1.54, 1.807) is 0 Å². The molecule has 0 spiro atoms. The summed E-state index contributed by atoms with van der Waals surface area (Å²) < 4.78 is 0. The van der Waals surface area contributed by atoms with Gasteiger partial charge in [0, 0.05) is 0 Å². The van der Waals surface area contributed by atoms with Crippen molar-refractivity contribution in [3.63, 3.8) is 0 Å². The second-order valence-electron chi connectivity index (χ2n) is 7.45. The van der Waals surface area contributed by atoms with Crippen molar-refractivity contribution in [2.75, 3.05) is 26.2 Å². The van der Waals surface area contributed by atoms with Crippen molar-refractivity contribution in [1.82, 2.24) is 10.6 Å². The first-order chi connectivity index (χ1) is 11.9. The fourth-order valence-corrected chi connectivity index (χ4v) is 3.16. The van der Waals surface area contributed by atoms with Crippen LogP contribution < -0.4 is 10.6 Å². The molecule has 0 aliphatic heterocycles. The molecule has 0 saturated heterocycles. The largest absolute Gasteiger partial charge is 0.317 e. The molecule has 0 rings (SSSR count). The van der Waals surface area contributed by atoms with E-state index in [-0.39, 0.29) is 34.0 Å². The minimum absolute atomic E-state index is 0. The predicted octanol–water partition coefficient (Wildman–Crippen LogP) is 7.60. The van der Waals surface area contributed by atoms with Crippen molar-refractivity contribution in [2.45, 2.75) is 117 Å². The van der Waals surface area contributed by atoms with Gasteiger partial charge < -0.3 is 10.6 Å². The van der Waals surface area contributed by atoms with Crippen LogP contribution >= 0.6 is 34.0 Å². The molecule has 0 aromatic heterocycles. The van der Waals surface area contributed by atoms with Gasteiger partial charge in [0.2, 0.25) is 0 Å². The molecule has 0 aromatic carbocycles. The van der Waals surface area contributed by atoms with E-state index < -0.39 is 0 Å². The zero-order chi connectivity index (χ0) is 17.6. The summed E-state index contributed by atoms with van der Waals surface area (Å²) in [6.07, 6.45) is 22.3. The van der Waals surface area contributed by atoms with Gasteiger partial charge >= 0.3 is 0 Å². The van der Waals surface area contributed by atoms with Crippen LogP contribution in [0.2, 0.25) is 0 Å². The lowest BCUT2D eigenvalue weighted by molar-refractivity contribution is 0.530. The Morgan fingerprint density at radius 2 is 0.577 bits per heavy atom. The average Bonchev–Trinajstić information content (AvgIpc) is 2.60. The summed E-state index contributed by atoms with van der Waals surface area (Å²) >= 11 is 0. The maximum absolute atomic E-state index is 3.60. The van der Waals surface area contributed by atoms with Crippen LogP contribution in [0.1, 0.15) is 117 Å². The standard InChI is InChI=1S/C22H48N2.2BrH/c1-3-5-7-11-15-19-23-21-17-13-9-10-14-18-22-24-20-16-12-8-6-4-2;;/h23-24H,3-22H2,1-2H3;2*1H. The van der Waals surface area contributed by atoms with Gasteiger partial charge in [-0.2, -0.15) is 0 Å². The van der Waals surface area contributed by atoms with Crippen molar-refractivity contribution in [3.8, 4) is 0 Å². The van der Waals surface area contributed by atoms with Crippen LogP contribution in [0.5, 0.6) is 0 Å². The van der Waals surface area contributed by atoms with E-state index in [0.717, 1.165) is 0 Å². The first-order valence-corrected chi connectivity index (χ1v) is 11.3. The highest BCUT2D eigenvalue weighted by Crippen LogP contribution is 2.05. The number of unbranched alkanes of at least 4 members (excludes halogenated alkanes) is 13. The third-order valence-corrected chi connectivity index (χ3v) is 4.87. The molecule has 0 unspecified atom stereocenters. The van der Waals surface area contributed by atoms with E-state index in [9.17, 15) is 0 Å². The second-order valence-corrected chi connectivity index (χ2v) is 7.45. The molecule has 0 atom stereocenters. The topological polar surface area (TPSA) is 24.1 Å². The molecule has 0 fully saturated rings. The maximum atomic E-state index is 3.60. The number of rotatable bonds is 21. The van der Waals surface area contributed by atoms with Gasteiger partial charge in [0.25, 0.3) is 0 Å². The van der Waals surface area contributed by atoms with E-state index in [1.165, 1.54) is 129 Å². The first-order valence-electron chi connectivity index (χ1n) is 11.3. The molecule has 26 heavy (non-hydrogen) atoms. The smallest absolute Gasteiger partial charge is 0.00489 e. The zero-order valence-electron chi connectivity index (χ0n) is 18.0. The summed E-state index contributed by atoms with van der Waals surface area (Å²) in [6.45, 7) is 9.48. The quantitative estimate of drug-likeness (QED) is 0.158. The SMILES string of the molecule is Br.Br.CCCCCCCNCCCCCCCCNCCCCCCC. The summed E-state index contributed by atoms with van der Waals surface area (Å²) in [7, 11) is 0. The first kappa shape index (κ1) is 31.6. The Balaban J connectivity index is -0.00000264. The average molecular weight is 502 g/mol. The highest BCUT2D eigenvalue weighted by molar-refractivity contribution is 8.93. The molecule has 0 heterocycles. The number of nitrogens with one attached hydrogen (secondary N) is 2. The Labute approximate surface area is 187 Å². The van der Waals surface area contributed by atoms with Gasteiger partial charge in [0.1, 0.15) is 0 Å². The summed E-state index contributed by atoms with van der Waals surface area (Å²) in [4.78, 5) is 0. The summed E-state index contributed by atoms with van der Waals surface area (Å²) in [5, 5.41) is 7.19. The molecule has 0 aliphatic carbocycles. The fraction of sp³-hybridized carbons (Fsp3) is 1.00. The maximum Gasteiger partial charge on any atom is -0.00489 e. The second kappa shape index (κ2) is 30.6. The molecule has 0 radical (unpaired) electrons. The van der Waals surface area contributed by atoms with Crippen LogP contribution in [0.15, 0.2) is 0 Å². The zero-order valence-corrected chi connectivity index (χ0v) is 21.4. The van der Waals surface area contributed by atoms with Gasteiger partial charge in [-0.05, 0) is 51.9 Å². The Morgan fingerprint density at radius 3 is 0.846 bits per heavy atom. The molecule has 0 amide bonds. The van der Waals surface area contributed by atoms with Crippen molar-refractivity contribution in [3.05, 3.63) is 0 Å². The van der Waals surface area contributed by atoms with E-state index in [2.05, 4.69) is 24.5 Å². The molecule has 2 nitrogen and oxygen atoms in total. The summed E-state index contributed by atoms with van der Waals surface area (Å²) in [5.41, 5.74) is 0. The van der Waals surface area contributed by atoms with Crippen LogP contribution in [0, 0.1) is 0 Å². The Bertz CT molecular complexity index is 194. The minimum Gasteiger partial charge on any atom is -0.317 e. The van der Waals surface area contributed by atoms with Crippen LogP contribution in [-0.4, -0.2) is 26.2 Å². The molecule has 0 saturated carbocycles. The van der Waals surface area contributed by atoms with E-state index in [0.29, 0.717) is 0 Å². The minimum atomic E-state index is 0. The van der Waals surface area contributed by atoms with Crippen LogP contribution in [-0.2, 0) is 0 Å². The summed E-state index contributed by atoms with van der Waals surface area (Å²) in [5.74, 6) is 0. The lowest BCUT2D eigenvalue weighted by atomic mass is 10.1. The molecular weight excluding hydrogens is 452 g/mol. The van der Waals surface area contributed by atoms with Gasteiger partial charge in [0.15, 0.2) is 0 Å². The molecule has 162 valence electrons. The molecule has 2 N–H and O–H groups in total. The highest BCUT2D eigenvalue weighted by atomic mass is 79.9.